The average Bonchev–Trinajstić information content (AvgIpc) is 2.38. The number of hydrogen-bond donors (Lipinski definition) is 3. The number of rotatable bonds is 2. The largest absolute Gasteiger partial charge is 0.507 e. The van der Waals surface area contributed by atoms with Crippen molar-refractivity contribution in [2.24, 2.45) is 5.73 Å². The van der Waals surface area contributed by atoms with Crippen molar-refractivity contribution in [3.8, 4) is 5.75 Å². The normalized spacial score (nSPS) is 19.9. The molecule has 0 radical (unpaired) electrons. The monoisotopic (exact) mass is 253 g/mol. The van der Waals surface area contributed by atoms with E-state index < -0.39 is 11.7 Å². The first-order valence-electron chi connectivity index (χ1n) is 5.84. The van der Waals surface area contributed by atoms with Crippen molar-refractivity contribution >= 4 is 5.91 Å². The lowest BCUT2D eigenvalue weighted by atomic mass is 10.1. The Morgan fingerprint density at radius 1 is 1.61 bits per heavy atom. The van der Waals surface area contributed by atoms with E-state index in [0.29, 0.717) is 26.2 Å². The molecular formula is C12H16FN3O2. The third-order valence-electron chi connectivity index (χ3n) is 3.09. The van der Waals surface area contributed by atoms with Crippen molar-refractivity contribution in [1.82, 2.24) is 10.2 Å². The van der Waals surface area contributed by atoms with Crippen LogP contribution in [0.15, 0.2) is 18.2 Å². The van der Waals surface area contributed by atoms with Crippen LogP contribution in [-0.2, 0) is 0 Å². The Morgan fingerprint density at radius 2 is 2.39 bits per heavy atom. The molecule has 1 aliphatic rings. The number of aromatic hydroxyl groups is 1. The highest BCUT2D eigenvalue weighted by Crippen LogP contribution is 2.22. The molecular weight excluding hydrogens is 237 g/mol. The van der Waals surface area contributed by atoms with E-state index >= 15 is 0 Å². The molecule has 0 bridgehead atoms. The van der Waals surface area contributed by atoms with Crippen molar-refractivity contribution in [1.29, 1.82) is 0 Å². The Bertz CT molecular complexity index is 433. The number of phenols is 1. The number of phenolic OH excluding ortho intramolecular Hbond substituents is 1. The highest BCUT2D eigenvalue weighted by Gasteiger charge is 2.29. The van der Waals surface area contributed by atoms with Gasteiger partial charge in [0.25, 0.3) is 5.91 Å². The second kappa shape index (κ2) is 5.32. The van der Waals surface area contributed by atoms with E-state index in [4.69, 9.17) is 5.73 Å². The maximum absolute atomic E-state index is 13.6. The van der Waals surface area contributed by atoms with Gasteiger partial charge in [-0.3, -0.25) is 4.79 Å². The highest BCUT2D eigenvalue weighted by atomic mass is 19.1. The number of nitrogens with one attached hydrogen (secondary N) is 1. The Labute approximate surface area is 104 Å². The lowest BCUT2D eigenvalue weighted by Gasteiger charge is -2.35. The fourth-order valence-corrected chi connectivity index (χ4v) is 2.11. The summed E-state index contributed by atoms with van der Waals surface area (Å²) < 4.78 is 13.6. The molecule has 6 heteroatoms. The van der Waals surface area contributed by atoms with Gasteiger partial charge in [-0.25, -0.2) is 4.39 Å². The number of piperazine rings is 1. The number of halogens is 1. The molecule has 1 aromatic carbocycles. The molecule has 1 aliphatic heterocycles. The third-order valence-corrected chi connectivity index (χ3v) is 3.09. The van der Waals surface area contributed by atoms with Crippen LogP contribution in [0.1, 0.15) is 10.4 Å². The van der Waals surface area contributed by atoms with Crippen molar-refractivity contribution in [2.75, 3.05) is 26.2 Å². The van der Waals surface area contributed by atoms with Crippen LogP contribution in [-0.4, -0.2) is 48.1 Å². The zero-order valence-electron chi connectivity index (χ0n) is 9.90. The van der Waals surface area contributed by atoms with Gasteiger partial charge in [-0.2, -0.15) is 0 Å². The van der Waals surface area contributed by atoms with E-state index in [9.17, 15) is 14.3 Å². The minimum Gasteiger partial charge on any atom is -0.507 e. The van der Waals surface area contributed by atoms with Crippen LogP contribution in [0.4, 0.5) is 4.39 Å². The number of carbonyl (C=O) groups excluding carboxylic acids is 1. The van der Waals surface area contributed by atoms with E-state index in [0.717, 1.165) is 6.07 Å². The third kappa shape index (κ3) is 2.30. The van der Waals surface area contributed by atoms with E-state index in [1.54, 1.807) is 0 Å². The average molecular weight is 253 g/mol. The van der Waals surface area contributed by atoms with Gasteiger partial charge in [-0.15, -0.1) is 0 Å². The molecule has 1 fully saturated rings. The zero-order chi connectivity index (χ0) is 13.1. The quantitative estimate of drug-likeness (QED) is 0.688. The fourth-order valence-electron chi connectivity index (χ4n) is 2.11. The van der Waals surface area contributed by atoms with Gasteiger partial charge in [-0.1, -0.05) is 6.07 Å². The first kappa shape index (κ1) is 12.8. The van der Waals surface area contributed by atoms with Crippen LogP contribution in [0.2, 0.25) is 0 Å². The Hall–Kier alpha value is -1.66. The summed E-state index contributed by atoms with van der Waals surface area (Å²) in [7, 11) is 0. The first-order chi connectivity index (χ1) is 8.65. The topological polar surface area (TPSA) is 78.6 Å². The maximum Gasteiger partial charge on any atom is 0.260 e. The lowest BCUT2D eigenvalue weighted by Crippen LogP contribution is -2.56. The predicted octanol–water partition coefficient (Wildman–Crippen LogP) is -0.0960. The molecule has 1 heterocycles. The molecule has 1 atom stereocenters. The summed E-state index contributed by atoms with van der Waals surface area (Å²) >= 11 is 0. The van der Waals surface area contributed by atoms with Crippen molar-refractivity contribution in [3.63, 3.8) is 0 Å². The minimum atomic E-state index is -0.714. The summed E-state index contributed by atoms with van der Waals surface area (Å²) in [4.78, 5) is 13.8. The standard InChI is InChI=1S/C12H16FN3O2/c13-9-2-1-3-10(17)11(9)12(18)16-5-4-15-7-8(16)6-14/h1-3,8,15,17H,4-7,14H2. The summed E-state index contributed by atoms with van der Waals surface area (Å²) in [6.07, 6.45) is 0. The molecule has 18 heavy (non-hydrogen) atoms. The van der Waals surface area contributed by atoms with Gasteiger partial charge in [0.2, 0.25) is 0 Å². The minimum absolute atomic E-state index is 0.176. The Balaban J connectivity index is 2.30. The summed E-state index contributed by atoms with van der Waals surface area (Å²) in [6, 6.07) is 3.65. The molecule has 4 N–H and O–H groups in total. The van der Waals surface area contributed by atoms with Gasteiger partial charge in [0.15, 0.2) is 0 Å². The van der Waals surface area contributed by atoms with Gasteiger partial charge in [0.1, 0.15) is 17.1 Å². The smallest absolute Gasteiger partial charge is 0.260 e. The Morgan fingerprint density at radius 3 is 3.06 bits per heavy atom. The molecule has 0 aromatic heterocycles. The van der Waals surface area contributed by atoms with Crippen molar-refractivity contribution in [2.45, 2.75) is 6.04 Å². The molecule has 1 aromatic rings. The van der Waals surface area contributed by atoms with Crippen molar-refractivity contribution < 1.29 is 14.3 Å². The SMILES string of the molecule is NCC1CNCCN1C(=O)c1c(O)cccc1F. The summed E-state index contributed by atoms with van der Waals surface area (Å²) in [6.45, 7) is 1.97. The van der Waals surface area contributed by atoms with Crippen LogP contribution in [0.5, 0.6) is 5.75 Å². The van der Waals surface area contributed by atoms with Crippen LogP contribution < -0.4 is 11.1 Å². The highest BCUT2D eigenvalue weighted by molar-refractivity contribution is 5.97. The van der Waals surface area contributed by atoms with E-state index in [1.165, 1.54) is 17.0 Å². The molecule has 98 valence electrons. The van der Waals surface area contributed by atoms with Crippen LogP contribution in [0.3, 0.4) is 0 Å². The molecule has 2 rings (SSSR count). The summed E-state index contributed by atoms with van der Waals surface area (Å²) in [5.41, 5.74) is 5.32. The maximum atomic E-state index is 13.6. The Kier molecular flexibility index (Phi) is 3.78. The van der Waals surface area contributed by atoms with Crippen LogP contribution in [0.25, 0.3) is 0 Å². The van der Waals surface area contributed by atoms with Gasteiger partial charge < -0.3 is 21.1 Å². The van der Waals surface area contributed by atoms with E-state index in [2.05, 4.69) is 5.32 Å². The lowest BCUT2D eigenvalue weighted by molar-refractivity contribution is 0.0636. The molecule has 0 aliphatic carbocycles. The van der Waals surface area contributed by atoms with E-state index in [1.807, 2.05) is 0 Å². The van der Waals surface area contributed by atoms with Gasteiger partial charge >= 0.3 is 0 Å². The second-order valence-corrected chi connectivity index (χ2v) is 4.23. The number of nitrogens with zero attached hydrogens (tertiary/aromatic N) is 1. The summed E-state index contributed by atoms with van der Waals surface area (Å²) in [5.74, 6) is -1.56. The number of nitrogens with two attached hydrogens (primary N) is 1. The molecule has 5 nitrogen and oxygen atoms in total. The molecule has 0 saturated carbocycles. The number of carbonyl (C=O) groups is 1. The van der Waals surface area contributed by atoms with E-state index in [-0.39, 0.29) is 17.4 Å². The second-order valence-electron chi connectivity index (χ2n) is 4.23. The number of amides is 1. The van der Waals surface area contributed by atoms with Crippen molar-refractivity contribution in [3.05, 3.63) is 29.6 Å². The predicted molar refractivity (Wildman–Crippen MR) is 64.8 cm³/mol. The van der Waals surface area contributed by atoms with Gasteiger partial charge in [0.05, 0.1) is 6.04 Å². The fraction of sp³-hybridized carbons (Fsp3) is 0.417. The van der Waals surface area contributed by atoms with Crippen LogP contribution in [0, 0.1) is 5.82 Å². The summed E-state index contributed by atoms with van der Waals surface area (Å²) in [5, 5.41) is 12.7. The van der Waals surface area contributed by atoms with Gasteiger partial charge in [0, 0.05) is 26.2 Å². The number of hydrogen-bond acceptors (Lipinski definition) is 4. The van der Waals surface area contributed by atoms with Gasteiger partial charge in [-0.05, 0) is 12.1 Å². The van der Waals surface area contributed by atoms with Crippen LogP contribution >= 0.6 is 0 Å². The number of benzene rings is 1. The molecule has 1 unspecified atom stereocenters. The molecule has 0 spiro atoms. The molecule has 1 saturated heterocycles. The zero-order valence-corrected chi connectivity index (χ0v) is 9.90. The molecule has 1 amide bonds. The first-order valence-corrected chi connectivity index (χ1v) is 5.84.